The lowest BCUT2D eigenvalue weighted by Crippen LogP contribution is -2.42. The van der Waals surface area contributed by atoms with Crippen molar-refractivity contribution in [2.75, 3.05) is 0 Å². The maximum Gasteiger partial charge on any atom is 0.242 e. The average Bonchev–Trinajstić information content (AvgIpc) is 2.54. The third kappa shape index (κ3) is 5.90. The van der Waals surface area contributed by atoms with E-state index in [0.29, 0.717) is 18.4 Å². The van der Waals surface area contributed by atoms with Crippen molar-refractivity contribution in [2.45, 2.75) is 26.2 Å². The summed E-state index contributed by atoms with van der Waals surface area (Å²) >= 11 is 0. The van der Waals surface area contributed by atoms with Gasteiger partial charge in [-0.15, -0.1) is 0 Å². The number of nitrogens with one attached hydrogen (secondary N) is 2. The Balaban J connectivity index is 1.70. The lowest BCUT2D eigenvalue weighted by Gasteiger charge is -2.08. The topological polar surface area (TPSA) is 58.2 Å². The molecule has 0 saturated heterocycles. The summed E-state index contributed by atoms with van der Waals surface area (Å²) in [5.41, 5.74) is 7.67. The molecule has 2 N–H and O–H groups in total. The van der Waals surface area contributed by atoms with Gasteiger partial charge >= 0.3 is 0 Å². The number of benzene rings is 2. The van der Waals surface area contributed by atoms with Crippen LogP contribution in [0.2, 0.25) is 0 Å². The number of halogens is 1. The molecule has 0 atom stereocenters. The van der Waals surface area contributed by atoms with Crippen LogP contribution in [0.3, 0.4) is 0 Å². The molecule has 0 spiro atoms. The molecule has 2 rings (SSSR count). The second kappa shape index (κ2) is 8.08. The van der Waals surface area contributed by atoms with Crippen LogP contribution in [-0.2, 0) is 22.4 Å². The number of carbonyl (C=O) groups excluding carboxylic acids is 2. The minimum atomic E-state index is -0.349. The minimum absolute atomic E-state index is 0.0819. The van der Waals surface area contributed by atoms with Crippen molar-refractivity contribution in [3.63, 3.8) is 0 Å². The number of carbonyl (C=O) groups is 2. The van der Waals surface area contributed by atoms with Crippen molar-refractivity contribution < 1.29 is 14.0 Å². The molecule has 0 radical (unpaired) electrons. The predicted octanol–water partition coefficient (Wildman–Crippen LogP) is 2.46. The van der Waals surface area contributed by atoms with Gasteiger partial charge < -0.3 is 0 Å². The first-order valence-electron chi connectivity index (χ1n) is 7.40. The van der Waals surface area contributed by atoms with Gasteiger partial charge in [-0.25, -0.2) is 4.39 Å². The molecule has 2 aromatic carbocycles. The molecule has 0 heterocycles. The van der Waals surface area contributed by atoms with Gasteiger partial charge in [-0.3, -0.25) is 20.4 Å². The van der Waals surface area contributed by atoms with Crippen LogP contribution in [0.1, 0.15) is 23.1 Å². The molecule has 120 valence electrons. The van der Waals surface area contributed by atoms with Crippen molar-refractivity contribution >= 4 is 11.8 Å². The first-order chi connectivity index (χ1) is 11.0. The quantitative estimate of drug-likeness (QED) is 0.833. The van der Waals surface area contributed by atoms with E-state index in [1.807, 2.05) is 31.2 Å². The minimum Gasteiger partial charge on any atom is -0.273 e. The Morgan fingerprint density at radius 2 is 1.43 bits per heavy atom. The van der Waals surface area contributed by atoms with Gasteiger partial charge in [0.2, 0.25) is 11.8 Å². The summed E-state index contributed by atoms with van der Waals surface area (Å²) in [5, 5.41) is 0. The third-order valence-corrected chi connectivity index (χ3v) is 3.38. The molecule has 5 heteroatoms. The largest absolute Gasteiger partial charge is 0.273 e. The zero-order valence-electron chi connectivity index (χ0n) is 12.9. The lowest BCUT2D eigenvalue weighted by atomic mass is 10.1. The van der Waals surface area contributed by atoms with Crippen LogP contribution >= 0.6 is 0 Å². The van der Waals surface area contributed by atoms with Gasteiger partial charge in [0.25, 0.3) is 0 Å². The summed E-state index contributed by atoms with van der Waals surface area (Å²) in [6, 6.07) is 13.6. The summed E-state index contributed by atoms with van der Waals surface area (Å²) in [4.78, 5) is 23.4. The van der Waals surface area contributed by atoms with E-state index in [-0.39, 0.29) is 24.1 Å². The number of rotatable bonds is 5. The normalized spacial score (nSPS) is 10.2. The summed E-state index contributed by atoms with van der Waals surface area (Å²) in [7, 11) is 0. The zero-order valence-corrected chi connectivity index (χ0v) is 12.9. The maximum absolute atomic E-state index is 12.8. The van der Waals surface area contributed by atoms with E-state index in [1.165, 1.54) is 29.8 Å². The van der Waals surface area contributed by atoms with Crippen molar-refractivity contribution in [3.8, 4) is 0 Å². The molecule has 0 aromatic heterocycles. The van der Waals surface area contributed by atoms with Crippen LogP contribution in [0, 0.1) is 12.7 Å². The second-order valence-corrected chi connectivity index (χ2v) is 5.39. The first kappa shape index (κ1) is 16.7. The van der Waals surface area contributed by atoms with Crippen LogP contribution in [0.4, 0.5) is 4.39 Å². The molecule has 0 unspecified atom stereocenters. The average molecular weight is 314 g/mol. The summed E-state index contributed by atoms with van der Waals surface area (Å²) in [5.74, 6) is -0.947. The summed E-state index contributed by atoms with van der Waals surface area (Å²) < 4.78 is 12.8. The summed E-state index contributed by atoms with van der Waals surface area (Å²) in [6.07, 6.45) is 0.984. The van der Waals surface area contributed by atoms with E-state index in [9.17, 15) is 14.0 Å². The van der Waals surface area contributed by atoms with Crippen LogP contribution < -0.4 is 10.9 Å². The zero-order chi connectivity index (χ0) is 16.7. The van der Waals surface area contributed by atoms with E-state index in [1.54, 1.807) is 0 Å². The second-order valence-electron chi connectivity index (χ2n) is 5.39. The molecule has 23 heavy (non-hydrogen) atoms. The fourth-order valence-corrected chi connectivity index (χ4v) is 2.05. The van der Waals surface area contributed by atoms with Gasteiger partial charge in [-0.2, -0.15) is 0 Å². The molecule has 2 amide bonds. The van der Waals surface area contributed by atoms with Gasteiger partial charge in [0.15, 0.2) is 0 Å². The highest BCUT2D eigenvalue weighted by molar-refractivity contribution is 5.83. The SMILES string of the molecule is Cc1ccc(CCC(=O)NNC(=O)Cc2ccc(F)cc2)cc1. The van der Waals surface area contributed by atoms with Crippen molar-refractivity contribution in [2.24, 2.45) is 0 Å². The predicted molar refractivity (Wildman–Crippen MR) is 85.9 cm³/mol. The van der Waals surface area contributed by atoms with E-state index < -0.39 is 0 Å². The Labute approximate surface area is 134 Å². The Hall–Kier alpha value is -2.69. The first-order valence-corrected chi connectivity index (χ1v) is 7.40. The fourth-order valence-electron chi connectivity index (χ4n) is 2.05. The molecule has 0 aliphatic rings. The van der Waals surface area contributed by atoms with Gasteiger partial charge in [-0.1, -0.05) is 42.0 Å². The van der Waals surface area contributed by atoms with Gasteiger partial charge in [0.1, 0.15) is 5.82 Å². The Morgan fingerprint density at radius 1 is 0.870 bits per heavy atom. The standard InChI is InChI=1S/C18H19FN2O2/c1-13-2-4-14(5-3-13)8-11-17(22)20-21-18(23)12-15-6-9-16(19)10-7-15/h2-7,9-10H,8,11-12H2,1H3,(H,20,22)(H,21,23). The van der Waals surface area contributed by atoms with Crippen LogP contribution in [0.5, 0.6) is 0 Å². The van der Waals surface area contributed by atoms with Gasteiger partial charge in [-0.05, 0) is 36.6 Å². The van der Waals surface area contributed by atoms with Crippen LogP contribution in [-0.4, -0.2) is 11.8 Å². The number of aryl methyl sites for hydroxylation is 2. The molecule has 4 nitrogen and oxygen atoms in total. The number of hydrogen-bond donors (Lipinski definition) is 2. The Bertz CT molecular complexity index is 666. The fraction of sp³-hybridized carbons (Fsp3) is 0.222. The third-order valence-electron chi connectivity index (χ3n) is 3.38. The number of hydrogen-bond acceptors (Lipinski definition) is 2. The molecule has 0 fully saturated rings. The van der Waals surface area contributed by atoms with Gasteiger partial charge in [0, 0.05) is 6.42 Å². The number of hydrazine groups is 1. The number of amides is 2. The molecule has 0 aliphatic heterocycles. The van der Waals surface area contributed by atoms with E-state index in [4.69, 9.17) is 0 Å². The molecule has 2 aromatic rings. The summed E-state index contributed by atoms with van der Waals surface area (Å²) in [6.45, 7) is 2.01. The highest BCUT2D eigenvalue weighted by Gasteiger charge is 2.06. The molecule has 0 aliphatic carbocycles. The van der Waals surface area contributed by atoms with Crippen molar-refractivity contribution in [1.29, 1.82) is 0 Å². The molecule has 0 bridgehead atoms. The van der Waals surface area contributed by atoms with E-state index >= 15 is 0 Å². The Morgan fingerprint density at radius 3 is 2.09 bits per heavy atom. The molecular formula is C18H19FN2O2. The smallest absolute Gasteiger partial charge is 0.242 e. The van der Waals surface area contributed by atoms with Crippen molar-refractivity contribution in [1.82, 2.24) is 10.9 Å². The van der Waals surface area contributed by atoms with Crippen LogP contribution in [0.15, 0.2) is 48.5 Å². The van der Waals surface area contributed by atoms with E-state index in [0.717, 1.165) is 5.56 Å². The Kier molecular flexibility index (Phi) is 5.86. The molecular weight excluding hydrogens is 295 g/mol. The lowest BCUT2D eigenvalue weighted by molar-refractivity contribution is -0.128. The van der Waals surface area contributed by atoms with Crippen molar-refractivity contribution in [3.05, 3.63) is 71.0 Å². The maximum atomic E-state index is 12.8. The highest BCUT2D eigenvalue weighted by Crippen LogP contribution is 2.06. The highest BCUT2D eigenvalue weighted by atomic mass is 19.1. The van der Waals surface area contributed by atoms with Crippen LogP contribution in [0.25, 0.3) is 0 Å². The molecule has 0 saturated carbocycles. The van der Waals surface area contributed by atoms with E-state index in [2.05, 4.69) is 10.9 Å². The van der Waals surface area contributed by atoms with Gasteiger partial charge in [0.05, 0.1) is 6.42 Å². The monoisotopic (exact) mass is 314 g/mol.